The molecule has 0 aliphatic carbocycles. The van der Waals surface area contributed by atoms with Crippen LogP contribution in [0.25, 0.3) is 66.1 Å². The largest absolute Gasteiger partial charge is 0.468 e. The number of hydrogen-bond acceptors (Lipinski definition) is 6. The van der Waals surface area contributed by atoms with Gasteiger partial charge in [-0.15, -0.1) is 0 Å². The Kier molecular flexibility index (Phi) is 8.70. The molecule has 2 aliphatic heterocycles. The van der Waals surface area contributed by atoms with Crippen molar-refractivity contribution in [3.8, 4) is 22.3 Å². The van der Waals surface area contributed by atoms with Crippen molar-refractivity contribution in [3.05, 3.63) is 173 Å². The van der Waals surface area contributed by atoms with E-state index in [1.54, 1.807) is 0 Å². The first-order valence-corrected chi connectivity index (χ1v) is 24.2. The highest BCUT2D eigenvalue weighted by atomic mass is 16.4. The molecule has 6 nitrogen and oxygen atoms in total. The fourth-order valence-electron chi connectivity index (χ4n) is 11.6. The summed E-state index contributed by atoms with van der Waals surface area (Å²) in [6.45, 7) is 22.3. The van der Waals surface area contributed by atoms with Crippen molar-refractivity contribution >= 4 is 101 Å². The molecule has 338 valence electrons. The normalized spacial score (nSPS) is 13.6. The molecule has 0 fully saturated rings. The van der Waals surface area contributed by atoms with Crippen LogP contribution in [-0.2, 0) is 10.8 Å². The SMILES string of the molecule is Cc1ccc(-c2coc3ccccc23)c(C)c1N1c2cccc3c2B(c2oc4ccc(C(C)(C)C)cc4c21)c1oc2ccc(C(C)(C)C)cc2c1N3c1c(C)ccc(-c2coc3ccccc23)c1C. The van der Waals surface area contributed by atoms with E-state index in [0.717, 1.165) is 139 Å². The Morgan fingerprint density at radius 2 is 0.841 bits per heavy atom. The van der Waals surface area contributed by atoms with Gasteiger partial charge < -0.3 is 27.5 Å². The molecule has 6 heterocycles. The zero-order chi connectivity index (χ0) is 47.4. The third-order valence-corrected chi connectivity index (χ3v) is 15.2. The predicted molar refractivity (Wildman–Crippen MR) is 287 cm³/mol. The van der Waals surface area contributed by atoms with Gasteiger partial charge in [-0.2, -0.15) is 0 Å². The number of fused-ring (bicyclic) bond motifs is 10. The Bertz CT molecular complexity index is 3700. The van der Waals surface area contributed by atoms with Crippen LogP contribution < -0.4 is 26.6 Å². The van der Waals surface area contributed by atoms with Crippen LogP contribution in [0.5, 0.6) is 0 Å². The van der Waals surface area contributed by atoms with Gasteiger partial charge in [0, 0.05) is 44.0 Å². The minimum Gasteiger partial charge on any atom is -0.468 e. The number of nitrogens with zero attached hydrogens (tertiary/aromatic N) is 2. The second kappa shape index (κ2) is 14.4. The average Bonchev–Trinajstić information content (AvgIpc) is 4.13. The molecule has 4 aromatic heterocycles. The van der Waals surface area contributed by atoms with Gasteiger partial charge in [-0.3, -0.25) is 0 Å². The van der Waals surface area contributed by atoms with Crippen LogP contribution in [0.4, 0.5) is 34.1 Å². The molecule has 0 unspecified atom stereocenters. The molecule has 0 bridgehead atoms. The van der Waals surface area contributed by atoms with Crippen molar-refractivity contribution in [1.29, 1.82) is 0 Å². The second-order valence-corrected chi connectivity index (χ2v) is 21.5. The van der Waals surface area contributed by atoms with Crippen LogP contribution in [0, 0.1) is 27.7 Å². The lowest BCUT2D eigenvalue weighted by atomic mass is 9.37. The molecule has 0 saturated carbocycles. The summed E-state index contributed by atoms with van der Waals surface area (Å²) in [7, 11) is 0. The highest BCUT2D eigenvalue weighted by molar-refractivity contribution is 6.99. The van der Waals surface area contributed by atoms with E-state index in [1.807, 2.05) is 36.8 Å². The quantitative estimate of drug-likeness (QED) is 0.164. The molecule has 0 amide bonds. The van der Waals surface area contributed by atoms with Gasteiger partial charge >= 0.3 is 6.71 Å². The molecular weight excluding hydrogens is 848 g/mol. The maximum atomic E-state index is 7.38. The zero-order valence-corrected chi connectivity index (χ0v) is 40.9. The Labute approximate surface area is 402 Å². The molecule has 2 aliphatic rings. The molecular formula is C62H53BN2O4. The van der Waals surface area contributed by atoms with Crippen LogP contribution in [0.2, 0.25) is 0 Å². The van der Waals surface area contributed by atoms with Crippen molar-refractivity contribution in [2.75, 3.05) is 9.80 Å². The summed E-state index contributed by atoms with van der Waals surface area (Å²) in [5.74, 6) is 0. The highest BCUT2D eigenvalue weighted by Crippen LogP contribution is 2.53. The maximum Gasteiger partial charge on any atom is 0.342 e. The maximum absolute atomic E-state index is 7.38. The van der Waals surface area contributed by atoms with E-state index >= 15 is 0 Å². The van der Waals surface area contributed by atoms with E-state index < -0.39 is 0 Å². The molecule has 11 aromatic rings. The van der Waals surface area contributed by atoms with Gasteiger partial charge in [-0.25, -0.2) is 0 Å². The Morgan fingerprint density at radius 1 is 0.406 bits per heavy atom. The number of para-hydroxylation sites is 2. The van der Waals surface area contributed by atoms with Crippen LogP contribution in [-0.4, -0.2) is 6.71 Å². The summed E-state index contributed by atoms with van der Waals surface area (Å²) >= 11 is 0. The first-order chi connectivity index (χ1) is 33.2. The van der Waals surface area contributed by atoms with Crippen molar-refractivity contribution < 1.29 is 17.7 Å². The van der Waals surface area contributed by atoms with Crippen LogP contribution in [0.3, 0.4) is 0 Å². The molecule has 0 radical (unpaired) electrons. The van der Waals surface area contributed by atoms with Gasteiger partial charge in [0.25, 0.3) is 0 Å². The van der Waals surface area contributed by atoms with Crippen molar-refractivity contribution in [2.45, 2.75) is 80.1 Å². The fourth-order valence-corrected chi connectivity index (χ4v) is 11.6. The number of anilines is 6. The number of rotatable bonds is 4. The second-order valence-electron chi connectivity index (χ2n) is 21.5. The molecule has 7 heteroatoms. The number of furan rings is 4. The van der Waals surface area contributed by atoms with E-state index in [9.17, 15) is 0 Å². The molecule has 7 aromatic carbocycles. The monoisotopic (exact) mass is 900 g/mol. The molecule has 0 N–H and O–H groups in total. The smallest absolute Gasteiger partial charge is 0.342 e. The number of benzene rings is 7. The topological polar surface area (TPSA) is 59.0 Å². The molecule has 0 saturated heterocycles. The molecule has 69 heavy (non-hydrogen) atoms. The third kappa shape index (κ3) is 5.92. The Hall–Kier alpha value is -7.64. The first-order valence-electron chi connectivity index (χ1n) is 24.2. The zero-order valence-electron chi connectivity index (χ0n) is 40.9. The van der Waals surface area contributed by atoms with Crippen LogP contribution in [0.15, 0.2) is 158 Å². The van der Waals surface area contributed by atoms with Crippen molar-refractivity contribution in [1.82, 2.24) is 0 Å². The van der Waals surface area contributed by atoms with Gasteiger partial charge in [0.1, 0.15) is 33.7 Å². The summed E-state index contributed by atoms with van der Waals surface area (Å²) in [4.78, 5) is 5.02. The van der Waals surface area contributed by atoms with Gasteiger partial charge in [-0.05, 0) is 137 Å². The van der Waals surface area contributed by atoms with E-state index in [0.29, 0.717) is 0 Å². The Balaban J connectivity index is 1.15. The summed E-state index contributed by atoms with van der Waals surface area (Å²) in [5, 5.41) is 4.34. The lowest BCUT2D eigenvalue weighted by Crippen LogP contribution is -2.60. The predicted octanol–water partition coefficient (Wildman–Crippen LogP) is 15.9. The highest BCUT2D eigenvalue weighted by Gasteiger charge is 2.50. The van der Waals surface area contributed by atoms with Gasteiger partial charge in [0.05, 0.1) is 35.3 Å². The first kappa shape index (κ1) is 41.5. The minimum atomic E-state index is -0.354. The average molecular weight is 901 g/mol. The van der Waals surface area contributed by atoms with E-state index in [1.165, 1.54) is 11.1 Å². The minimum absolute atomic E-state index is 0.0913. The summed E-state index contributed by atoms with van der Waals surface area (Å²) in [6, 6.07) is 46.0. The van der Waals surface area contributed by atoms with Crippen molar-refractivity contribution in [2.24, 2.45) is 0 Å². The van der Waals surface area contributed by atoms with E-state index in [4.69, 9.17) is 17.7 Å². The molecule has 13 rings (SSSR count). The van der Waals surface area contributed by atoms with Crippen molar-refractivity contribution in [3.63, 3.8) is 0 Å². The molecule has 0 atom stereocenters. The summed E-state index contributed by atoms with van der Waals surface area (Å²) in [5.41, 5.74) is 24.2. The van der Waals surface area contributed by atoms with Crippen LogP contribution >= 0.6 is 0 Å². The lowest BCUT2D eigenvalue weighted by Gasteiger charge is -2.42. The number of hydrogen-bond donors (Lipinski definition) is 0. The van der Waals surface area contributed by atoms with E-state index in [-0.39, 0.29) is 17.5 Å². The van der Waals surface area contributed by atoms with Gasteiger partial charge in [0.2, 0.25) is 0 Å². The lowest BCUT2D eigenvalue weighted by molar-refractivity contribution is 0.590. The van der Waals surface area contributed by atoms with Gasteiger partial charge in [0.15, 0.2) is 0 Å². The van der Waals surface area contributed by atoms with Gasteiger partial charge in [-0.1, -0.05) is 120 Å². The molecule has 0 spiro atoms. The van der Waals surface area contributed by atoms with Crippen LogP contribution in [0.1, 0.15) is 74.9 Å². The number of aryl methyl sites for hydroxylation is 2. The summed E-state index contributed by atoms with van der Waals surface area (Å²) < 4.78 is 27.1. The van der Waals surface area contributed by atoms with E-state index in [2.05, 4.69) is 182 Å². The fraction of sp³-hybridized carbons (Fsp3) is 0.194. The summed E-state index contributed by atoms with van der Waals surface area (Å²) in [6.07, 6.45) is 3.82. The standard InChI is InChI=1S/C62H53BN2O4/c1-34-22-26-40(46-32-66-50-20-13-11-16-42(46)50)36(3)55(34)64-48-18-15-19-49-54(48)63(59-57(64)44-30-38(61(5,6)7)24-28-52(44)68-59)60-58(45-31-39(62(8,9)10)25-29-53(45)69-60)65(49)56-35(2)23-27-41(37(56)4)47-33-67-51-21-14-12-17-43(47)51/h11-33H,1-10H3. The Morgan fingerprint density at radius 3 is 1.28 bits per heavy atom. The third-order valence-electron chi connectivity index (χ3n) is 15.2.